The van der Waals surface area contributed by atoms with Gasteiger partial charge in [0.2, 0.25) is 0 Å². The number of carbonyl (C=O) groups is 1. The predicted octanol–water partition coefficient (Wildman–Crippen LogP) is 4.43. The molecule has 5 aromatic rings. The van der Waals surface area contributed by atoms with Crippen LogP contribution in [0.25, 0.3) is 32.9 Å². The lowest BCUT2D eigenvalue weighted by molar-refractivity contribution is 0.0687. The Labute approximate surface area is 192 Å². The Morgan fingerprint density at radius 3 is 2.71 bits per heavy atom. The number of aromatic amines is 2. The fourth-order valence-electron chi connectivity index (χ4n) is 5.34. The van der Waals surface area contributed by atoms with Crippen LogP contribution >= 0.6 is 0 Å². The molecule has 0 saturated heterocycles. The fourth-order valence-corrected chi connectivity index (χ4v) is 5.34. The zero-order valence-corrected chi connectivity index (χ0v) is 18.1. The average Bonchev–Trinajstić information content (AvgIpc) is 3.49. The van der Waals surface area contributed by atoms with E-state index in [-0.39, 0.29) is 23.4 Å². The maximum absolute atomic E-state index is 14.5. The van der Waals surface area contributed by atoms with E-state index in [4.69, 9.17) is 5.73 Å². The van der Waals surface area contributed by atoms with E-state index in [0.29, 0.717) is 38.6 Å². The van der Waals surface area contributed by atoms with Gasteiger partial charge in [-0.1, -0.05) is 0 Å². The standard InChI is InChI=1S/C26H21FN4O3/c27-16-7-15(22-19(28)11-30-20(22)10-16)12-31-21-9-14-4-1-3-13(14)8-18(21)23(24(31)26(33)34)17-5-2-6-29-25(17)32/h2,5-11,30H,1,3-4,12,28H2,(H,29,32)(H,33,34). The molecule has 3 heterocycles. The molecule has 0 atom stereocenters. The quantitative estimate of drug-likeness (QED) is 0.320. The van der Waals surface area contributed by atoms with Gasteiger partial charge in [0.05, 0.1) is 11.2 Å². The normalized spacial score (nSPS) is 13.1. The third-order valence-corrected chi connectivity index (χ3v) is 6.75. The molecule has 0 fully saturated rings. The molecule has 8 heteroatoms. The van der Waals surface area contributed by atoms with Crippen LogP contribution in [0.5, 0.6) is 0 Å². The van der Waals surface area contributed by atoms with Crippen LogP contribution in [-0.4, -0.2) is 25.6 Å². The highest BCUT2D eigenvalue weighted by atomic mass is 19.1. The van der Waals surface area contributed by atoms with Crippen LogP contribution in [0, 0.1) is 5.82 Å². The zero-order valence-electron chi connectivity index (χ0n) is 18.1. The first-order chi connectivity index (χ1) is 16.4. The van der Waals surface area contributed by atoms with Crippen molar-refractivity contribution in [3.05, 3.63) is 87.3 Å². The summed E-state index contributed by atoms with van der Waals surface area (Å²) < 4.78 is 16.1. The number of aromatic carboxylic acids is 1. The van der Waals surface area contributed by atoms with E-state index in [1.165, 1.54) is 29.5 Å². The molecule has 7 nitrogen and oxygen atoms in total. The molecule has 0 amide bonds. The minimum Gasteiger partial charge on any atom is -0.477 e. The summed E-state index contributed by atoms with van der Waals surface area (Å²) in [5.74, 6) is -1.61. The van der Waals surface area contributed by atoms with Gasteiger partial charge in [-0.3, -0.25) is 4.79 Å². The Morgan fingerprint density at radius 1 is 1.15 bits per heavy atom. The number of aromatic nitrogens is 3. The van der Waals surface area contributed by atoms with Gasteiger partial charge in [0.1, 0.15) is 11.5 Å². The summed E-state index contributed by atoms with van der Waals surface area (Å²) in [4.78, 5) is 31.0. The van der Waals surface area contributed by atoms with Gasteiger partial charge in [-0.25, -0.2) is 9.18 Å². The largest absolute Gasteiger partial charge is 0.477 e. The Balaban J connectivity index is 1.71. The number of aryl methyl sites for hydroxylation is 2. The van der Waals surface area contributed by atoms with E-state index in [2.05, 4.69) is 9.97 Å². The highest BCUT2D eigenvalue weighted by Gasteiger charge is 2.27. The monoisotopic (exact) mass is 456 g/mol. The fraction of sp³-hybridized carbons (Fsp3) is 0.154. The average molecular weight is 456 g/mol. The van der Waals surface area contributed by atoms with Gasteiger partial charge in [-0.15, -0.1) is 0 Å². The lowest BCUT2D eigenvalue weighted by Crippen LogP contribution is -2.14. The SMILES string of the molecule is Nc1c[nH]c2cc(F)cc(Cn3c(C(=O)O)c(-c4ccc[nH]c4=O)c4cc5c(cc43)CCC5)c12. The maximum Gasteiger partial charge on any atom is 0.353 e. The molecule has 34 heavy (non-hydrogen) atoms. The van der Waals surface area contributed by atoms with Gasteiger partial charge in [-0.05, 0) is 72.4 Å². The third-order valence-electron chi connectivity index (χ3n) is 6.75. The van der Waals surface area contributed by atoms with Crippen LogP contribution in [0.4, 0.5) is 10.1 Å². The number of benzene rings is 2. The van der Waals surface area contributed by atoms with Crippen molar-refractivity contribution < 1.29 is 14.3 Å². The molecule has 0 unspecified atom stereocenters. The van der Waals surface area contributed by atoms with Crippen molar-refractivity contribution in [1.82, 2.24) is 14.5 Å². The molecule has 0 saturated carbocycles. The summed E-state index contributed by atoms with van der Waals surface area (Å²) in [6, 6.07) is 10.1. The molecule has 6 rings (SSSR count). The lowest BCUT2D eigenvalue weighted by atomic mass is 10.00. The number of hydrogen-bond donors (Lipinski definition) is 4. The number of nitrogens with one attached hydrogen (secondary N) is 2. The minimum atomic E-state index is -1.16. The molecule has 170 valence electrons. The number of anilines is 1. The Bertz CT molecular complexity index is 1690. The van der Waals surface area contributed by atoms with Crippen molar-refractivity contribution >= 4 is 33.5 Å². The number of hydrogen-bond acceptors (Lipinski definition) is 3. The number of halogens is 1. The first-order valence-corrected chi connectivity index (χ1v) is 11.1. The van der Waals surface area contributed by atoms with Crippen LogP contribution in [0.2, 0.25) is 0 Å². The Morgan fingerprint density at radius 2 is 1.94 bits per heavy atom. The molecular weight excluding hydrogens is 435 g/mol. The van der Waals surface area contributed by atoms with Gasteiger partial charge < -0.3 is 25.4 Å². The number of carboxylic acids is 1. The summed E-state index contributed by atoms with van der Waals surface area (Å²) in [5, 5.41) is 11.7. The number of pyridine rings is 1. The highest BCUT2D eigenvalue weighted by molar-refractivity contribution is 6.08. The lowest BCUT2D eigenvalue weighted by Gasteiger charge is -2.12. The number of nitrogens with two attached hydrogens (primary N) is 1. The number of carboxylic acid groups (broad SMARTS) is 1. The van der Waals surface area contributed by atoms with Crippen LogP contribution in [-0.2, 0) is 19.4 Å². The smallest absolute Gasteiger partial charge is 0.353 e. The van der Waals surface area contributed by atoms with Crippen LogP contribution in [0.15, 0.2) is 53.6 Å². The third kappa shape index (κ3) is 2.95. The van der Waals surface area contributed by atoms with Crippen molar-refractivity contribution in [2.24, 2.45) is 0 Å². The maximum atomic E-state index is 14.5. The molecule has 1 aliphatic rings. The topological polar surface area (TPSA) is 117 Å². The van der Waals surface area contributed by atoms with Crippen molar-refractivity contribution in [2.75, 3.05) is 5.73 Å². The van der Waals surface area contributed by atoms with Crippen molar-refractivity contribution in [1.29, 1.82) is 0 Å². The van der Waals surface area contributed by atoms with Crippen molar-refractivity contribution in [2.45, 2.75) is 25.8 Å². The molecule has 0 spiro atoms. The van der Waals surface area contributed by atoms with Crippen LogP contribution in [0.3, 0.4) is 0 Å². The van der Waals surface area contributed by atoms with E-state index in [1.54, 1.807) is 22.9 Å². The van der Waals surface area contributed by atoms with Gasteiger partial charge in [-0.2, -0.15) is 0 Å². The van der Waals surface area contributed by atoms with Gasteiger partial charge >= 0.3 is 5.97 Å². The van der Waals surface area contributed by atoms with Crippen LogP contribution < -0.4 is 11.3 Å². The number of rotatable bonds is 4. The molecular formula is C26H21FN4O3. The summed E-state index contributed by atoms with van der Waals surface area (Å²) in [5.41, 5.74) is 11.0. The number of nitrogens with zero attached hydrogens (tertiary/aromatic N) is 1. The highest BCUT2D eigenvalue weighted by Crippen LogP contribution is 2.38. The molecule has 5 N–H and O–H groups in total. The Hall–Kier alpha value is -4.33. The van der Waals surface area contributed by atoms with Crippen molar-refractivity contribution in [3.8, 4) is 11.1 Å². The first-order valence-electron chi connectivity index (χ1n) is 11.1. The molecule has 1 aliphatic carbocycles. The summed E-state index contributed by atoms with van der Waals surface area (Å²) in [6.07, 6.45) is 5.96. The van der Waals surface area contributed by atoms with Gasteiger partial charge in [0, 0.05) is 46.4 Å². The molecule has 0 radical (unpaired) electrons. The van der Waals surface area contributed by atoms with E-state index in [9.17, 15) is 19.1 Å². The van der Waals surface area contributed by atoms with E-state index >= 15 is 0 Å². The molecule has 2 aromatic carbocycles. The van der Waals surface area contributed by atoms with E-state index < -0.39 is 11.8 Å². The Kier molecular flexibility index (Phi) is 4.38. The second-order valence-corrected chi connectivity index (χ2v) is 8.75. The molecule has 3 aromatic heterocycles. The molecule has 0 aliphatic heterocycles. The minimum absolute atomic E-state index is 0.0121. The number of nitrogen functional groups attached to an aromatic ring is 1. The predicted molar refractivity (Wildman–Crippen MR) is 129 cm³/mol. The number of fused-ring (bicyclic) bond motifs is 3. The van der Waals surface area contributed by atoms with Crippen LogP contribution in [0.1, 0.15) is 33.6 Å². The zero-order chi connectivity index (χ0) is 23.6. The summed E-state index contributed by atoms with van der Waals surface area (Å²) in [7, 11) is 0. The second kappa shape index (κ2) is 7.34. The second-order valence-electron chi connectivity index (χ2n) is 8.75. The first kappa shape index (κ1) is 20.3. The van der Waals surface area contributed by atoms with Crippen molar-refractivity contribution in [3.63, 3.8) is 0 Å². The molecule has 0 bridgehead atoms. The van der Waals surface area contributed by atoms with Gasteiger partial charge in [0.15, 0.2) is 0 Å². The van der Waals surface area contributed by atoms with E-state index in [0.717, 1.165) is 19.3 Å². The number of H-pyrrole nitrogens is 2. The summed E-state index contributed by atoms with van der Waals surface area (Å²) in [6.45, 7) is 0.0813. The summed E-state index contributed by atoms with van der Waals surface area (Å²) >= 11 is 0. The van der Waals surface area contributed by atoms with Gasteiger partial charge in [0.25, 0.3) is 5.56 Å². The van der Waals surface area contributed by atoms with E-state index in [1.807, 2.05) is 12.1 Å².